The van der Waals surface area contributed by atoms with Crippen molar-refractivity contribution in [3.63, 3.8) is 0 Å². The van der Waals surface area contributed by atoms with Crippen LogP contribution in [-0.2, 0) is 29.7 Å². The lowest BCUT2D eigenvalue weighted by Gasteiger charge is -2.29. The summed E-state index contributed by atoms with van der Waals surface area (Å²) >= 11 is 0. The van der Waals surface area contributed by atoms with Crippen LogP contribution < -0.4 is 14.8 Å². The fourth-order valence-electron chi connectivity index (χ4n) is 5.28. The molecular formula is C27H27N2O9S2+. The maximum absolute atomic E-state index is 12.5. The van der Waals surface area contributed by atoms with Gasteiger partial charge in [-0.05, 0) is 30.3 Å². The van der Waals surface area contributed by atoms with E-state index in [0.717, 1.165) is 23.2 Å². The van der Waals surface area contributed by atoms with E-state index >= 15 is 0 Å². The van der Waals surface area contributed by atoms with Gasteiger partial charge in [0.15, 0.2) is 13.1 Å². The summed E-state index contributed by atoms with van der Waals surface area (Å²) < 4.78 is 87.8. The minimum atomic E-state index is -4.90. The molecule has 2 N–H and O–H groups in total. The highest BCUT2D eigenvalue weighted by molar-refractivity contribution is 7.86. The summed E-state index contributed by atoms with van der Waals surface area (Å²) in [5, 5.41) is 1.47. The molecule has 0 spiro atoms. The van der Waals surface area contributed by atoms with Crippen LogP contribution in [0.3, 0.4) is 0 Å². The predicted molar refractivity (Wildman–Crippen MR) is 147 cm³/mol. The van der Waals surface area contributed by atoms with Crippen LogP contribution in [0.2, 0.25) is 0 Å². The van der Waals surface area contributed by atoms with Gasteiger partial charge in [-0.3, -0.25) is 9.11 Å². The van der Waals surface area contributed by atoms with E-state index in [1.54, 1.807) is 0 Å². The zero-order chi connectivity index (χ0) is 28.1. The summed E-state index contributed by atoms with van der Waals surface area (Å²) in [6, 6.07) is 14.3. The van der Waals surface area contributed by atoms with E-state index in [0.29, 0.717) is 80.5 Å². The molecule has 210 valence electrons. The average Bonchev–Trinajstić information content (AvgIpc) is 2.95. The lowest BCUT2D eigenvalue weighted by atomic mass is 9.93. The molecule has 0 atom stereocenters. The van der Waals surface area contributed by atoms with Crippen LogP contribution in [0, 0.1) is 0 Å². The fraction of sp³-hybridized carbons (Fsp3) is 0.296. The van der Waals surface area contributed by atoms with Gasteiger partial charge in [0.05, 0.1) is 24.2 Å². The van der Waals surface area contributed by atoms with Crippen LogP contribution in [-0.4, -0.2) is 78.5 Å². The molecule has 0 radical (unpaired) electrons. The van der Waals surface area contributed by atoms with Crippen LogP contribution in [0.5, 0.6) is 0 Å². The first-order chi connectivity index (χ1) is 19.1. The standard InChI is InChI=1S/C27H26N2O9S2/c30-39(31,32)20-3-6-23(26(17-20)40(33,34)35)27-21-4-1-18(28-7-11-36-12-8-28)15-24(21)38-25-16-19(2-5-22(25)27)29-9-13-37-14-10-29/h1-6,15-17H,7-14H2,(H-,30,31,32,33,34,35)/p+1. The Hall–Kier alpha value is -3.33. The van der Waals surface area contributed by atoms with Crippen molar-refractivity contribution in [3.05, 3.63) is 60.0 Å². The average molecular weight is 588 g/mol. The van der Waals surface area contributed by atoms with E-state index in [1.165, 1.54) is 6.07 Å². The topological polar surface area (TPSA) is 147 Å². The van der Waals surface area contributed by atoms with Crippen LogP contribution in [0.15, 0.2) is 68.8 Å². The SMILES string of the molecule is O=S(=O)(O)c1ccc(-c2c3ccc(=[N+]4CCOCC4)cc-3oc3cc(N4CCOCC4)ccc23)c(S(=O)(=O)O)c1. The number of rotatable bonds is 4. The van der Waals surface area contributed by atoms with Crippen LogP contribution >= 0.6 is 0 Å². The highest BCUT2D eigenvalue weighted by Gasteiger charge is 2.27. The van der Waals surface area contributed by atoms with Crippen molar-refractivity contribution in [1.82, 2.24) is 4.58 Å². The van der Waals surface area contributed by atoms with Crippen molar-refractivity contribution < 1.29 is 39.8 Å². The van der Waals surface area contributed by atoms with Gasteiger partial charge in [-0.25, -0.2) is 4.58 Å². The second-order valence-electron chi connectivity index (χ2n) is 9.64. The van der Waals surface area contributed by atoms with E-state index in [2.05, 4.69) is 9.48 Å². The maximum Gasteiger partial charge on any atom is 0.295 e. The van der Waals surface area contributed by atoms with E-state index < -0.39 is 30.0 Å². The van der Waals surface area contributed by atoms with Crippen LogP contribution in [0.4, 0.5) is 5.69 Å². The zero-order valence-corrected chi connectivity index (χ0v) is 22.9. The van der Waals surface area contributed by atoms with Gasteiger partial charge in [-0.15, -0.1) is 0 Å². The Morgan fingerprint density at radius 2 is 1.45 bits per heavy atom. The minimum Gasteiger partial charge on any atom is -0.456 e. The number of morpholine rings is 2. The van der Waals surface area contributed by atoms with E-state index in [1.807, 2.05) is 36.4 Å². The third kappa shape index (κ3) is 5.11. The first-order valence-corrected chi connectivity index (χ1v) is 15.6. The molecule has 0 unspecified atom stereocenters. The van der Waals surface area contributed by atoms with Crippen molar-refractivity contribution in [2.24, 2.45) is 0 Å². The predicted octanol–water partition coefficient (Wildman–Crippen LogP) is 2.34. The molecule has 11 nitrogen and oxygen atoms in total. The molecule has 2 aromatic rings. The molecule has 3 aliphatic heterocycles. The lowest BCUT2D eigenvalue weighted by Crippen LogP contribution is -2.39. The van der Waals surface area contributed by atoms with Gasteiger partial charge in [-0.2, -0.15) is 16.8 Å². The second-order valence-corrected chi connectivity index (χ2v) is 12.5. The number of anilines is 1. The molecule has 3 heterocycles. The molecule has 0 bridgehead atoms. The van der Waals surface area contributed by atoms with Crippen molar-refractivity contribution in [2.45, 2.75) is 9.79 Å². The molecule has 4 aliphatic rings. The number of nitrogens with zero attached hydrogens (tertiary/aromatic N) is 2. The summed E-state index contributed by atoms with van der Waals surface area (Å²) in [4.78, 5) is 0.866. The van der Waals surface area contributed by atoms with Crippen molar-refractivity contribution in [1.29, 1.82) is 0 Å². The number of hydrogen-bond acceptors (Lipinski definition) is 8. The summed E-state index contributed by atoms with van der Waals surface area (Å²) in [5.74, 6) is 0.478. The number of benzene rings is 3. The van der Waals surface area contributed by atoms with E-state index in [-0.39, 0.29) is 5.56 Å². The number of fused-ring (bicyclic) bond motifs is 2. The van der Waals surface area contributed by atoms with Crippen molar-refractivity contribution in [3.8, 4) is 22.5 Å². The molecular weight excluding hydrogens is 560 g/mol. The van der Waals surface area contributed by atoms with Gasteiger partial charge in [0.25, 0.3) is 20.2 Å². The number of hydrogen-bond donors (Lipinski definition) is 2. The molecule has 40 heavy (non-hydrogen) atoms. The van der Waals surface area contributed by atoms with Crippen molar-refractivity contribution >= 4 is 36.9 Å². The Balaban J connectivity index is 1.67. The Morgan fingerprint density at radius 1 is 0.750 bits per heavy atom. The Morgan fingerprint density at radius 3 is 2.15 bits per heavy atom. The first kappa shape index (κ1) is 26.9. The van der Waals surface area contributed by atoms with E-state index in [4.69, 9.17) is 13.9 Å². The van der Waals surface area contributed by atoms with Gasteiger partial charge in [0, 0.05) is 53.0 Å². The molecule has 2 aromatic carbocycles. The fourth-order valence-corrected chi connectivity index (χ4v) is 6.58. The zero-order valence-electron chi connectivity index (χ0n) is 21.3. The summed E-state index contributed by atoms with van der Waals surface area (Å²) in [6.45, 7) is 5.21. The Kier molecular flexibility index (Phi) is 6.89. The monoisotopic (exact) mass is 587 g/mol. The smallest absolute Gasteiger partial charge is 0.295 e. The third-order valence-corrected chi connectivity index (χ3v) is 8.98. The molecule has 0 amide bonds. The molecule has 0 saturated carbocycles. The van der Waals surface area contributed by atoms with Gasteiger partial charge >= 0.3 is 0 Å². The van der Waals surface area contributed by atoms with Gasteiger partial charge in [0.2, 0.25) is 5.36 Å². The normalized spacial score (nSPS) is 17.1. The summed E-state index contributed by atoms with van der Waals surface area (Å²) in [5.41, 5.74) is 2.46. The summed E-state index contributed by atoms with van der Waals surface area (Å²) in [6.07, 6.45) is 0. The number of ether oxygens (including phenoxy) is 2. The van der Waals surface area contributed by atoms with Gasteiger partial charge in [-0.1, -0.05) is 6.07 Å². The molecule has 13 heteroatoms. The third-order valence-electron chi connectivity index (χ3n) is 7.24. The summed E-state index contributed by atoms with van der Waals surface area (Å²) in [7, 11) is -9.63. The molecule has 1 aliphatic carbocycles. The minimum absolute atomic E-state index is 0.0685. The van der Waals surface area contributed by atoms with Gasteiger partial charge in [0.1, 0.15) is 29.5 Å². The van der Waals surface area contributed by atoms with Crippen LogP contribution in [0.25, 0.3) is 33.4 Å². The molecule has 6 rings (SSSR count). The largest absolute Gasteiger partial charge is 0.456 e. The second kappa shape index (κ2) is 10.3. The quantitative estimate of drug-likeness (QED) is 0.207. The maximum atomic E-state index is 12.5. The highest BCUT2D eigenvalue weighted by Crippen LogP contribution is 2.43. The Bertz CT molecular complexity index is 1870. The first-order valence-electron chi connectivity index (χ1n) is 12.7. The van der Waals surface area contributed by atoms with Crippen LogP contribution in [0.1, 0.15) is 0 Å². The molecule has 0 aromatic heterocycles. The van der Waals surface area contributed by atoms with E-state index in [9.17, 15) is 25.9 Å². The highest BCUT2D eigenvalue weighted by atomic mass is 32.2. The molecule has 2 fully saturated rings. The van der Waals surface area contributed by atoms with Gasteiger partial charge < -0.3 is 18.8 Å². The lowest BCUT2D eigenvalue weighted by molar-refractivity contribution is 0.0965. The van der Waals surface area contributed by atoms with Crippen molar-refractivity contribution in [2.75, 3.05) is 57.5 Å². The Labute approximate surface area is 230 Å². The molecule has 2 saturated heterocycles.